The van der Waals surface area contributed by atoms with Gasteiger partial charge in [-0.2, -0.15) is 13.2 Å². The molecule has 1 aliphatic heterocycles. The zero-order valence-electron chi connectivity index (χ0n) is 13.9. The lowest BCUT2D eigenvalue weighted by molar-refractivity contribution is -0.154. The Morgan fingerprint density at radius 3 is 2.54 bits per heavy atom. The van der Waals surface area contributed by atoms with Crippen LogP contribution in [0, 0.1) is 0 Å². The summed E-state index contributed by atoms with van der Waals surface area (Å²) in [6, 6.07) is 6.44. The molecule has 1 saturated heterocycles. The van der Waals surface area contributed by atoms with Crippen molar-refractivity contribution in [3.05, 3.63) is 48.0 Å². The number of rotatable bonds is 5. The molecule has 1 fully saturated rings. The van der Waals surface area contributed by atoms with Crippen LogP contribution in [0.3, 0.4) is 0 Å². The fraction of sp³-hybridized carbons (Fsp3) is 0.412. The minimum Gasteiger partial charge on any atom is -0.468 e. The maximum absolute atomic E-state index is 12.5. The Morgan fingerprint density at radius 1 is 1.19 bits per heavy atom. The number of carbonyl (C=O) groups is 1. The van der Waals surface area contributed by atoms with Crippen molar-refractivity contribution >= 4 is 5.91 Å². The van der Waals surface area contributed by atoms with Gasteiger partial charge < -0.3 is 14.1 Å². The van der Waals surface area contributed by atoms with E-state index in [9.17, 15) is 18.0 Å². The number of hydrogen-bond donors (Lipinski definition) is 0. The SMILES string of the molecule is O=C(c1ccc(OCC(F)(F)F)nc1)N1CCN(Cc2ccco2)CC1. The molecule has 0 radical (unpaired) electrons. The molecular formula is C17H18F3N3O3. The number of nitrogens with zero attached hydrogens (tertiary/aromatic N) is 3. The van der Waals surface area contributed by atoms with Crippen LogP contribution >= 0.6 is 0 Å². The fourth-order valence-corrected chi connectivity index (χ4v) is 2.66. The molecular weight excluding hydrogens is 351 g/mol. The maximum atomic E-state index is 12.5. The predicted molar refractivity (Wildman–Crippen MR) is 85.7 cm³/mol. The fourth-order valence-electron chi connectivity index (χ4n) is 2.66. The second-order valence-electron chi connectivity index (χ2n) is 5.94. The van der Waals surface area contributed by atoms with Gasteiger partial charge >= 0.3 is 6.18 Å². The Bertz CT molecular complexity index is 709. The molecule has 3 rings (SSSR count). The highest BCUT2D eigenvalue weighted by molar-refractivity contribution is 5.94. The highest BCUT2D eigenvalue weighted by Gasteiger charge is 2.29. The summed E-state index contributed by atoms with van der Waals surface area (Å²) < 4.78 is 46.2. The van der Waals surface area contributed by atoms with E-state index in [2.05, 4.69) is 14.6 Å². The Labute approximate surface area is 148 Å². The van der Waals surface area contributed by atoms with Crippen LogP contribution in [0.2, 0.25) is 0 Å². The molecule has 0 unspecified atom stereocenters. The van der Waals surface area contributed by atoms with Crippen LogP contribution in [-0.2, 0) is 6.54 Å². The number of alkyl halides is 3. The van der Waals surface area contributed by atoms with Crippen molar-refractivity contribution in [3.8, 4) is 5.88 Å². The highest BCUT2D eigenvalue weighted by atomic mass is 19.4. The van der Waals surface area contributed by atoms with E-state index in [0.29, 0.717) is 38.3 Å². The van der Waals surface area contributed by atoms with Gasteiger partial charge in [-0.05, 0) is 18.2 Å². The van der Waals surface area contributed by atoms with Gasteiger partial charge in [0.1, 0.15) is 5.76 Å². The number of pyridine rings is 1. The maximum Gasteiger partial charge on any atom is 0.422 e. The van der Waals surface area contributed by atoms with Crippen molar-refractivity contribution in [3.63, 3.8) is 0 Å². The lowest BCUT2D eigenvalue weighted by Gasteiger charge is -2.34. The van der Waals surface area contributed by atoms with E-state index in [1.54, 1.807) is 11.2 Å². The first-order chi connectivity index (χ1) is 12.4. The predicted octanol–water partition coefficient (Wildman–Crippen LogP) is 2.57. The topological polar surface area (TPSA) is 58.8 Å². The number of ether oxygens (including phenoxy) is 1. The molecule has 9 heteroatoms. The number of hydrogen-bond acceptors (Lipinski definition) is 5. The van der Waals surface area contributed by atoms with Gasteiger partial charge in [0, 0.05) is 38.4 Å². The van der Waals surface area contributed by atoms with Crippen molar-refractivity contribution in [2.24, 2.45) is 0 Å². The minimum atomic E-state index is -4.43. The normalized spacial score (nSPS) is 15.9. The molecule has 0 N–H and O–H groups in total. The van der Waals surface area contributed by atoms with E-state index in [0.717, 1.165) is 5.76 Å². The van der Waals surface area contributed by atoms with Gasteiger partial charge in [-0.3, -0.25) is 9.69 Å². The van der Waals surface area contributed by atoms with E-state index in [4.69, 9.17) is 4.42 Å². The summed E-state index contributed by atoms with van der Waals surface area (Å²) in [5.41, 5.74) is 0.323. The van der Waals surface area contributed by atoms with Gasteiger partial charge in [-0.15, -0.1) is 0 Å². The van der Waals surface area contributed by atoms with Gasteiger partial charge in [0.25, 0.3) is 5.91 Å². The van der Waals surface area contributed by atoms with E-state index in [1.807, 2.05) is 12.1 Å². The van der Waals surface area contributed by atoms with Gasteiger partial charge in [0.2, 0.25) is 5.88 Å². The number of amides is 1. The van der Waals surface area contributed by atoms with Crippen molar-refractivity contribution in [2.45, 2.75) is 12.7 Å². The third-order valence-corrected chi connectivity index (χ3v) is 3.99. The average molecular weight is 369 g/mol. The molecule has 3 heterocycles. The van der Waals surface area contributed by atoms with Crippen molar-refractivity contribution in [2.75, 3.05) is 32.8 Å². The molecule has 0 saturated carbocycles. The smallest absolute Gasteiger partial charge is 0.422 e. The van der Waals surface area contributed by atoms with Crippen molar-refractivity contribution in [1.29, 1.82) is 0 Å². The lowest BCUT2D eigenvalue weighted by Crippen LogP contribution is -2.48. The Kier molecular flexibility index (Phi) is 5.46. The van der Waals surface area contributed by atoms with E-state index >= 15 is 0 Å². The van der Waals surface area contributed by atoms with E-state index in [-0.39, 0.29) is 11.8 Å². The summed E-state index contributed by atoms with van der Waals surface area (Å²) in [6.45, 7) is 1.84. The Hall–Kier alpha value is -2.55. The first-order valence-corrected chi connectivity index (χ1v) is 8.10. The van der Waals surface area contributed by atoms with Gasteiger partial charge in [-0.25, -0.2) is 4.98 Å². The van der Waals surface area contributed by atoms with Crippen LogP contribution in [0.5, 0.6) is 5.88 Å². The Balaban J connectivity index is 1.50. The third-order valence-electron chi connectivity index (χ3n) is 3.99. The molecule has 0 aliphatic carbocycles. The van der Waals surface area contributed by atoms with Crippen LogP contribution in [-0.4, -0.2) is 59.7 Å². The standard InChI is InChI=1S/C17H18F3N3O3/c18-17(19,20)12-26-15-4-3-13(10-21-15)16(24)23-7-5-22(6-8-23)11-14-2-1-9-25-14/h1-4,9-10H,5-8,11-12H2. The van der Waals surface area contributed by atoms with Crippen LogP contribution in [0.25, 0.3) is 0 Å². The van der Waals surface area contributed by atoms with Crippen LogP contribution in [0.1, 0.15) is 16.1 Å². The second-order valence-corrected chi connectivity index (χ2v) is 5.94. The van der Waals surface area contributed by atoms with Crippen molar-refractivity contribution < 1.29 is 27.1 Å². The minimum absolute atomic E-state index is 0.165. The number of furan rings is 1. The summed E-state index contributed by atoms with van der Waals surface area (Å²) in [5.74, 6) is 0.517. The number of aromatic nitrogens is 1. The van der Waals surface area contributed by atoms with Crippen molar-refractivity contribution in [1.82, 2.24) is 14.8 Å². The third kappa shape index (κ3) is 4.98. The van der Waals surface area contributed by atoms with Crippen LogP contribution in [0.15, 0.2) is 41.1 Å². The number of halogens is 3. The molecule has 0 bridgehead atoms. The summed E-state index contributed by atoms with van der Waals surface area (Å²) in [7, 11) is 0. The average Bonchev–Trinajstić information content (AvgIpc) is 3.13. The molecule has 0 spiro atoms. The summed E-state index contributed by atoms with van der Waals surface area (Å²) in [4.78, 5) is 20.1. The zero-order valence-corrected chi connectivity index (χ0v) is 13.9. The highest BCUT2D eigenvalue weighted by Crippen LogP contribution is 2.18. The van der Waals surface area contributed by atoms with Gasteiger partial charge in [-0.1, -0.05) is 0 Å². The summed E-state index contributed by atoms with van der Waals surface area (Å²) >= 11 is 0. The molecule has 2 aromatic rings. The molecule has 1 amide bonds. The number of piperazine rings is 1. The summed E-state index contributed by atoms with van der Waals surface area (Å²) in [6.07, 6.45) is -1.56. The molecule has 0 aromatic carbocycles. The zero-order chi connectivity index (χ0) is 18.6. The molecule has 26 heavy (non-hydrogen) atoms. The molecule has 140 valence electrons. The van der Waals surface area contributed by atoms with E-state index < -0.39 is 12.8 Å². The molecule has 2 aromatic heterocycles. The first kappa shape index (κ1) is 18.2. The quantitative estimate of drug-likeness (QED) is 0.811. The van der Waals surface area contributed by atoms with Gasteiger partial charge in [0.05, 0.1) is 18.4 Å². The van der Waals surface area contributed by atoms with E-state index in [1.165, 1.54) is 18.3 Å². The monoisotopic (exact) mass is 369 g/mol. The largest absolute Gasteiger partial charge is 0.468 e. The summed E-state index contributed by atoms with van der Waals surface area (Å²) in [5, 5.41) is 0. The molecule has 1 aliphatic rings. The van der Waals surface area contributed by atoms with Crippen LogP contribution in [0.4, 0.5) is 13.2 Å². The molecule has 6 nitrogen and oxygen atoms in total. The molecule has 0 atom stereocenters. The first-order valence-electron chi connectivity index (χ1n) is 8.10. The lowest BCUT2D eigenvalue weighted by atomic mass is 10.2. The second kappa shape index (κ2) is 7.77. The number of carbonyl (C=O) groups excluding carboxylic acids is 1. The van der Waals surface area contributed by atoms with Crippen LogP contribution < -0.4 is 4.74 Å². The van der Waals surface area contributed by atoms with Gasteiger partial charge in [0.15, 0.2) is 6.61 Å². The Morgan fingerprint density at radius 2 is 1.96 bits per heavy atom.